The number of ketones is 1. The molecule has 2 aromatic rings. The van der Waals surface area contributed by atoms with E-state index in [9.17, 15) is 4.79 Å². The van der Waals surface area contributed by atoms with Crippen LogP contribution in [-0.2, 0) is 4.74 Å². The van der Waals surface area contributed by atoms with Crippen LogP contribution < -0.4 is 0 Å². The predicted octanol–water partition coefficient (Wildman–Crippen LogP) is 3.96. The molecule has 0 saturated carbocycles. The fraction of sp³-hybridized carbons (Fsp3) is 0.235. The van der Waals surface area contributed by atoms with Crippen LogP contribution in [-0.4, -0.2) is 12.4 Å². The number of hydrogen-bond acceptors (Lipinski definition) is 2. The summed E-state index contributed by atoms with van der Waals surface area (Å²) in [5.74, 6) is 0.00745. The van der Waals surface area contributed by atoms with E-state index in [1.165, 1.54) is 0 Å². The summed E-state index contributed by atoms with van der Waals surface area (Å²) in [7, 11) is 0. The average molecular weight is 254 g/mol. The molecule has 0 N–H and O–H groups in total. The van der Waals surface area contributed by atoms with Gasteiger partial charge in [0.2, 0.25) is 0 Å². The van der Waals surface area contributed by atoms with Gasteiger partial charge in [0, 0.05) is 12.2 Å². The van der Waals surface area contributed by atoms with Crippen LogP contribution in [0.15, 0.2) is 54.6 Å². The van der Waals surface area contributed by atoms with E-state index in [2.05, 4.69) is 0 Å². The van der Waals surface area contributed by atoms with E-state index in [0.29, 0.717) is 12.2 Å². The van der Waals surface area contributed by atoms with Crippen LogP contribution in [0, 0.1) is 6.92 Å². The van der Waals surface area contributed by atoms with E-state index in [-0.39, 0.29) is 5.78 Å². The average Bonchev–Trinajstić information content (AvgIpc) is 2.46. The molecule has 2 nitrogen and oxygen atoms in total. The van der Waals surface area contributed by atoms with Crippen molar-refractivity contribution in [2.45, 2.75) is 20.0 Å². The monoisotopic (exact) mass is 254 g/mol. The van der Waals surface area contributed by atoms with E-state index >= 15 is 0 Å². The van der Waals surface area contributed by atoms with Crippen molar-refractivity contribution in [3.05, 3.63) is 71.3 Å². The number of aryl methyl sites for hydroxylation is 1. The van der Waals surface area contributed by atoms with E-state index < -0.39 is 6.10 Å². The van der Waals surface area contributed by atoms with Gasteiger partial charge in [-0.05, 0) is 19.4 Å². The van der Waals surface area contributed by atoms with Crippen LogP contribution in [0.5, 0.6) is 0 Å². The first-order valence-electron chi connectivity index (χ1n) is 6.50. The minimum absolute atomic E-state index is 0.00745. The Morgan fingerprint density at radius 1 is 1.05 bits per heavy atom. The summed E-state index contributed by atoms with van der Waals surface area (Å²) in [5, 5.41) is 0. The molecule has 0 aliphatic rings. The first-order chi connectivity index (χ1) is 9.22. The maximum Gasteiger partial charge on any atom is 0.196 e. The van der Waals surface area contributed by atoms with Crippen molar-refractivity contribution in [3.8, 4) is 0 Å². The normalized spacial score (nSPS) is 12.1. The molecule has 0 radical (unpaired) electrons. The Hall–Kier alpha value is -1.93. The maximum absolute atomic E-state index is 12.5. The number of hydrogen-bond donors (Lipinski definition) is 0. The smallest absolute Gasteiger partial charge is 0.196 e. The molecule has 0 aliphatic heterocycles. The van der Waals surface area contributed by atoms with Crippen molar-refractivity contribution in [3.63, 3.8) is 0 Å². The van der Waals surface area contributed by atoms with Gasteiger partial charge in [-0.1, -0.05) is 60.2 Å². The summed E-state index contributed by atoms with van der Waals surface area (Å²) >= 11 is 0. The Balaban J connectivity index is 2.29. The molecule has 1 atom stereocenters. The highest BCUT2D eigenvalue weighted by Crippen LogP contribution is 2.22. The van der Waals surface area contributed by atoms with Gasteiger partial charge in [-0.2, -0.15) is 0 Å². The third-order valence-electron chi connectivity index (χ3n) is 3.01. The molecule has 0 aromatic heterocycles. The molecule has 0 heterocycles. The van der Waals surface area contributed by atoms with Gasteiger partial charge in [0.15, 0.2) is 5.78 Å². The van der Waals surface area contributed by atoms with Crippen molar-refractivity contribution in [1.29, 1.82) is 0 Å². The van der Waals surface area contributed by atoms with Crippen molar-refractivity contribution in [2.75, 3.05) is 6.61 Å². The lowest BCUT2D eigenvalue weighted by atomic mass is 9.99. The second kappa shape index (κ2) is 6.30. The maximum atomic E-state index is 12.5. The van der Waals surface area contributed by atoms with Gasteiger partial charge in [-0.3, -0.25) is 4.79 Å². The van der Waals surface area contributed by atoms with Gasteiger partial charge >= 0.3 is 0 Å². The fourth-order valence-electron chi connectivity index (χ4n) is 1.99. The topological polar surface area (TPSA) is 26.3 Å². The molecule has 1 unspecified atom stereocenters. The first-order valence-corrected chi connectivity index (χ1v) is 6.50. The van der Waals surface area contributed by atoms with Crippen molar-refractivity contribution < 1.29 is 9.53 Å². The quantitative estimate of drug-likeness (QED) is 0.755. The summed E-state index contributed by atoms with van der Waals surface area (Å²) < 4.78 is 5.62. The third-order valence-corrected chi connectivity index (χ3v) is 3.01. The van der Waals surface area contributed by atoms with E-state index in [1.54, 1.807) is 0 Å². The highest BCUT2D eigenvalue weighted by molar-refractivity contribution is 6.00. The largest absolute Gasteiger partial charge is 0.366 e. The summed E-state index contributed by atoms with van der Waals surface area (Å²) in [6.45, 7) is 4.42. The summed E-state index contributed by atoms with van der Waals surface area (Å²) in [6.07, 6.45) is -0.520. The van der Waals surface area contributed by atoms with E-state index in [0.717, 1.165) is 11.1 Å². The van der Waals surface area contributed by atoms with Crippen LogP contribution in [0.1, 0.15) is 34.5 Å². The van der Waals surface area contributed by atoms with Gasteiger partial charge in [-0.15, -0.1) is 0 Å². The second-order valence-corrected chi connectivity index (χ2v) is 4.48. The Morgan fingerprint density at radius 2 is 1.68 bits per heavy atom. The number of ether oxygens (including phenoxy) is 1. The van der Waals surface area contributed by atoms with Crippen molar-refractivity contribution in [2.24, 2.45) is 0 Å². The molecule has 0 saturated heterocycles. The highest BCUT2D eigenvalue weighted by atomic mass is 16.5. The third kappa shape index (κ3) is 3.30. The molecule has 0 aliphatic carbocycles. The molecule has 19 heavy (non-hydrogen) atoms. The Labute approximate surface area is 114 Å². The van der Waals surface area contributed by atoms with Crippen LogP contribution >= 0.6 is 0 Å². The number of carbonyl (C=O) groups excluding carboxylic acids is 1. The molecule has 2 aromatic carbocycles. The molecule has 98 valence electrons. The number of carbonyl (C=O) groups is 1. The zero-order chi connectivity index (χ0) is 13.7. The van der Waals surface area contributed by atoms with Crippen LogP contribution in [0.2, 0.25) is 0 Å². The summed E-state index contributed by atoms with van der Waals surface area (Å²) in [5.41, 5.74) is 2.73. The van der Waals surface area contributed by atoms with E-state index in [4.69, 9.17) is 4.74 Å². The number of rotatable bonds is 5. The first kappa shape index (κ1) is 13.5. The molecule has 2 rings (SSSR count). The van der Waals surface area contributed by atoms with Crippen LogP contribution in [0.3, 0.4) is 0 Å². The van der Waals surface area contributed by atoms with Gasteiger partial charge in [0.05, 0.1) is 0 Å². The zero-order valence-corrected chi connectivity index (χ0v) is 11.3. The predicted molar refractivity (Wildman–Crippen MR) is 76.3 cm³/mol. The van der Waals surface area contributed by atoms with Gasteiger partial charge in [0.25, 0.3) is 0 Å². The van der Waals surface area contributed by atoms with Crippen LogP contribution in [0.4, 0.5) is 0 Å². The molecule has 0 spiro atoms. The Kier molecular flexibility index (Phi) is 4.48. The molecule has 0 bridgehead atoms. The van der Waals surface area contributed by atoms with Crippen molar-refractivity contribution >= 4 is 5.78 Å². The minimum Gasteiger partial charge on any atom is -0.366 e. The number of benzene rings is 2. The lowest BCUT2D eigenvalue weighted by Crippen LogP contribution is -2.16. The van der Waals surface area contributed by atoms with Crippen molar-refractivity contribution in [1.82, 2.24) is 0 Å². The second-order valence-electron chi connectivity index (χ2n) is 4.48. The Bertz CT molecular complexity index is 529. The lowest BCUT2D eigenvalue weighted by molar-refractivity contribution is 0.0452. The zero-order valence-electron chi connectivity index (χ0n) is 11.3. The summed E-state index contributed by atoms with van der Waals surface area (Å²) in [4.78, 5) is 12.5. The molecule has 0 amide bonds. The molecular formula is C17H18O2. The molecule has 2 heteroatoms. The SMILES string of the molecule is CCOC(C(=O)c1ccc(C)cc1)c1ccccc1. The van der Waals surface area contributed by atoms with Gasteiger partial charge < -0.3 is 4.74 Å². The fourth-order valence-corrected chi connectivity index (χ4v) is 1.99. The Morgan fingerprint density at radius 3 is 2.26 bits per heavy atom. The number of Topliss-reactive ketones (excluding diaryl/α,β-unsaturated/α-hetero) is 1. The molecular weight excluding hydrogens is 236 g/mol. The highest BCUT2D eigenvalue weighted by Gasteiger charge is 2.21. The van der Waals surface area contributed by atoms with E-state index in [1.807, 2.05) is 68.4 Å². The minimum atomic E-state index is -0.520. The van der Waals surface area contributed by atoms with Crippen LogP contribution in [0.25, 0.3) is 0 Å². The summed E-state index contributed by atoms with van der Waals surface area (Å²) in [6, 6.07) is 17.2. The van der Waals surface area contributed by atoms with Gasteiger partial charge in [0.1, 0.15) is 6.10 Å². The standard InChI is InChI=1S/C17H18O2/c1-3-19-17(15-7-5-4-6-8-15)16(18)14-11-9-13(2)10-12-14/h4-12,17H,3H2,1-2H3. The van der Waals surface area contributed by atoms with Gasteiger partial charge in [-0.25, -0.2) is 0 Å². The lowest BCUT2D eigenvalue weighted by Gasteiger charge is -2.16. The molecule has 0 fully saturated rings.